The standard InChI is InChI=1S/C19H22FNO/c20-19-17(14-22-13-16-9-5-2-6-10-16)11-18(19)21-12-15-7-3-1-4-8-15/h1-10,17-19,21H,11-14H2/t17-,18-,19?/m1/s1. The molecule has 0 amide bonds. The highest BCUT2D eigenvalue weighted by Crippen LogP contribution is 2.31. The number of halogens is 1. The molecule has 1 aliphatic rings. The first-order chi connectivity index (χ1) is 10.8. The van der Waals surface area contributed by atoms with E-state index < -0.39 is 6.17 Å². The minimum absolute atomic E-state index is 0.0250. The Hall–Kier alpha value is -1.71. The van der Waals surface area contributed by atoms with E-state index in [2.05, 4.69) is 17.4 Å². The van der Waals surface area contributed by atoms with Crippen LogP contribution in [0.4, 0.5) is 4.39 Å². The van der Waals surface area contributed by atoms with Crippen LogP contribution in [0.5, 0.6) is 0 Å². The first-order valence-corrected chi connectivity index (χ1v) is 7.86. The van der Waals surface area contributed by atoms with Crippen LogP contribution in [0, 0.1) is 5.92 Å². The topological polar surface area (TPSA) is 21.3 Å². The molecule has 2 nitrogen and oxygen atoms in total. The third-order valence-electron chi connectivity index (χ3n) is 4.25. The largest absolute Gasteiger partial charge is 0.376 e. The molecule has 0 heterocycles. The van der Waals surface area contributed by atoms with Crippen molar-refractivity contribution in [3.8, 4) is 0 Å². The van der Waals surface area contributed by atoms with E-state index in [1.165, 1.54) is 5.56 Å². The number of alkyl halides is 1. The third kappa shape index (κ3) is 3.93. The van der Waals surface area contributed by atoms with Crippen LogP contribution in [0.2, 0.25) is 0 Å². The molecule has 1 aliphatic carbocycles. The lowest BCUT2D eigenvalue weighted by molar-refractivity contribution is -0.0179. The molecule has 1 saturated carbocycles. The molecule has 1 fully saturated rings. The van der Waals surface area contributed by atoms with Gasteiger partial charge in [0.2, 0.25) is 0 Å². The molecule has 1 N–H and O–H groups in total. The predicted molar refractivity (Wildman–Crippen MR) is 86.2 cm³/mol. The van der Waals surface area contributed by atoms with Gasteiger partial charge in [-0.25, -0.2) is 4.39 Å². The van der Waals surface area contributed by atoms with Crippen molar-refractivity contribution in [3.05, 3.63) is 71.8 Å². The predicted octanol–water partition coefficient (Wildman–Crippen LogP) is 3.72. The van der Waals surface area contributed by atoms with Crippen molar-refractivity contribution in [1.29, 1.82) is 0 Å². The number of nitrogens with one attached hydrogen (secondary N) is 1. The number of hydrogen-bond acceptors (Lipinski definition) is 2. The lowest BCUT2D eigenvalue weighted by atomic mass is 9.78. The van der Waals surface area contributed by atoms with Gasteiger partial charge in [0.25, 0.3) is 0 Å². The van der Waals surface area contributed by atoms with Crippen LogP contribution in [0.3, 0.4) is 0 Å². The quantitative estimate of drug-likeness (QED) is 0.841. The van der Waals surface area contributed by atoms with Crippen LogP contribution in [-0.2, 0) is 17.9 Å². The minimum atomic E-state index is -0.806. The molecule has 3 rings (SSSR count). The maximum atomic E-state index is 14.1. The summed E-state index contributed by atoms with van der Waals surface area (Å²) >= 11 is 0. The Morgan fingerprint density at radius 3 is 2.23 bits per heavy atom. The van der Waals surface area contributed by atoms with Gasteiger partial charge in [0.1, 0.15) is 6.17 Å². The van der Waals surface area contributed by atoms with Gasteiger partial charge in [-0.15, -0.1) is 0 Å². The average Bonchev–Trinajstić information content (AvgIpc) is 2.58. The smallest absolute Gasteiger partial charge is 0.120 e. The fourth-order valence-electron chi connectivity index (χ4n) is 2.82. The third-order valence-corrected chi connectivity index (χ3v) is 4.25. The summed E-state index contributed by atoms with van der Waals surface area (Å²) in [6.45, 7) is 1.79. The zero-order valence-electron chi connectivity index (χ0n) is 12.6. The molecule has 0 aliphatic heterocycles. The van der Waals surface area contributed by atoms with E-state index in [-0.39, 0.29) is 12.0 Å². The van der Waals surface area contributed by atoms with Gasteiger partial charge in [0, 0.05) is 18.5 Å². The molecule has 0 radical (unpaired) electrons. The summed E-state index contributed by atoms with van der Waals surface area (Å²) in [6.07, 6.45) is 0.0440. The molecule has 2 aromatic carbocycles. The molecule has 0 aromatic heterocycles. The van der Waals surface area contributed by atoms with E-state index in [4.69, 9.17) is 4.74 Å². The molecular formula is C19H22FNO. The first-order valence-electron chi connectivity index (χ1n) is 7.86. The Kier molecular flexibility index (Phi) is 5.20. The zero-order chi connectivity index (χ0) is 15.2. The average molecular weight is 299 g/mol. The minimum Gasteiger partial charge on any atom is -0.376 e. The number of ether oxygens (including phenoxy) is 1. The second-order valence-corrected chi connectivity index (χ2v) is 5.91. The van der Waals surface area contributed by atoms with Gasteiger partial charge in [-0.3, -0.25) is 0 Å². The highest BCUT2D eigenvalue weighted by Gasteiger charge is 2.41. The highest BCUT2D eigenvalue weighted by molar-refractivity contribution is 5.15. The number of benzene rings is 2. The fraction of sp³-hybridized carbons (Fsp3) is 0.368. The normalized spacial score (nSPS) is 24.0. The van der Waals surface area contributed by atoms with Gasteiger partial charge >= 0.3 is 0 Å². The molecule has 3 heteroatoms. The van der Waals surface area contributed by atoms with Crippen LogP contribution in [0.1, 0.15) is 17.5 Å². The summed E-state index contributed by atoms with van der Waals surface area (Å²) in [5.41, 5.74) is 2.33. The van der Waals surface area contributed by atoms with Gasteiger partial charge in [-0.1, -0.05) is 60.7 Å². The number of hydrogen-bond donors (Lipinski definition) is 1. The van der Waals surface area contributed by atoms with Crippen LogP contribution < -0.4 is 5.32 Å². The van der Waals surface area contributed by atoms with E-state index in [0.29, 0.717) is 13.2 Å². The van der Waals surface area contributed by atoms with Crippen molar-refractivity contribution in [2.24, 2.45) is 5.92 Å². The Labute approximate surface area is 131 Å². The summed E-state index contributed by atoms with van der Waals surface area (Å²) in [6, 6.07) is 20.1. The summed E-state index contributed by atoms with van der Waals surface area (Å²) in [4.78, 5) is 0. The van der Waals surface area contributed by atoms with Gasteiger partial charge in [-0.2, -0.15) is 0 Å². The molecule has 22 heavy (non-hydrogen) atoms. The molecule has 2 aromatic rings. The zero-order valence-corrected chi connectivity index (χ0v) is 12.6. The Morgan fingerprint density at radius 2 is 1.59 bits per heavy atom. The SMILES string of the molecule is FC1[C@@H](COCc2ccccc2)C[C@H]1NCc1ccccc1. The van der Waals surface area contributed by atoms with Gasteiger partial charge in [-0.05, 0) is 17.5 Å². The van der Waals surface area contributed by atoms with Crippen molar-refractivity contribution in [2.45, 2.75) is 31.8 Å². The summed E-state index contributed by atoms with van der Waals surface area (Å²) in [5, 5.41) is 3.29. The molecule has 116 valence electrons. The van der Waals surface area contributed by atoms with E-state index in [1.54, 1.807) is 0 Å². The van der Waals surface area contributed by atoms with E-state index in [0.717, 1.165) is 18.5 Å². The van der Waals surface area contributed by atoms with Crippen LogP contribution in [-0.4, -0.2) is 18.8 Å². The van der Waals surface area contributed by atoms with E-state index in [1.807, 2.05) is 48.5 Å². The van der Waals surface area contributed by atoms with Crippen molar-refractivity contribution in [2.75, 3.05) is 6.61 Å². The maximum Gasteiger partial charge on any atom is 0.120 e. The second kappa shape index (κ2) is 7.52. The van der Waals surface area contributed by atoms with Crippen molar-refractivity contribution in [3.63, 3.8) is 0 Å². The van der Waals surface area contributed by atoms with Crippen LogP contribution >= 0.6 is 0 Å². The van der Waals surface area contributed by atoms with Crippen molar-refractivity contribution < 1.29 is 9.13 Å². The first kappa shape index (κ1) is 15.2. The summed E-state index contributed by atoms with van der Waals surface area (Å²) in [7, 11) is 0. The fourth-order valence-corrected chi connectivity index (χ4v) is 2.82. The molecule has 0 bridgehead atoms. The molecule has 3 atom stereocenters. The van der Waals surface area contributed by atoms with Crippen LogP contribution in [0.25, 0.3) is 0 Å². The maximum absolute atomic E-state index is 14.1. The molecule has 0 saturated heterocycles. The van der Waals surface area contributed by atoms with E-state index >= 15 is 0 Å². The molecular weight excluding hydrogens is 277 g/mol. The van der Waals surface area contributed by atoms with Crippen molar-refractivity contribution >= 4 is 0 Å². The Morgan fingerprint density at radius 1 is 0.955 bits per heavy atom. The highest BCUT2D eigenvalue weighted by atomic mass is 19.1. The second-order valence-electron chi connectivity index (χ2n) is 5.91. The monoisotopic (exact) mass is 299 g/mol. The molecule has 0 spiro atoms. The van der Waals surface area contributed by atoms with Crippen LogP contribution in [0.15, 0.2) is 60.7 Å². The van der Waals surface area contributed by atoms with Gasteiger partial charge in [0.15, 0.2) is 0 Å². The van der Waals surface area contributed by atoms with Gasteiger partial charge in [0.05, 0.1) is 13.2 Å². The van der Waals surface area contributed by atoms with Crippen molar-refractivity contribution in [1.82, 2.24) is 5.32 Å². The summed E-state index contributed by atoms with van der Waals surface area (Å²) < 4.78 is 19.8. The lowest BCUT2D eigenvalue weighted by Gasteiger charge is -2.40. The van der Waals surface area contributed by atoms with E-state index in [9.17, 15) is 4.39 Å². The lowest BCUT2D eigenvalue weighted by Crippen LogP contribution is -2.53. The Balaban J connectivity index is 1.34. The molecule has 1 unspecified atom stereocenters. The Bertz CT molecular complexity index is 560. The van der Waals surface area contributed by atoms with Gasteiger partial charge < -0.3 is 10.1 Å². The number of rotatable bonds is 7. The summed E-state index contributed by atoms with van der Waals surface area (Å²) in [5.74, 6) is 0.0250.